The molecule has 5 N–H and O–H groups in total. The number of aromatic nitrogens is 2. The van der Waals surface area contributed by atoms with Crippen molar-refractivity contribution >= 4 is 35.9 Å². The molecule has 2 aromatic heterocycles. The first-order valence-electron chi connectivity index (χ1n) is 11.8. The number of hydrogen-bond donors (Lipinski definition) is 5. The highest BCUT2D eigenvalue weighted by Crippen LogP contribution is 2.45. The summed E-state index contributed by atoms with van der Waals surface area (Å²) in [5.41, 5.74) is 1.35. The predicted octanol–water partition coefficient (Wildman–Crippen LogP) is 0.930. The Hall–Kier alpha value is -1.78. The van der Waals surface area contributed by atoms with Crippen molar-refractivity contribution in [3.8, 4) is 6.07 Å². The standard InChI is InChI=1S/C22H28ClN4O8P/c23-20-14(6-24)17(26-7-11-2-1-3-12(11)8-26)13-4-5-27(21(13)25-20)22-19(30)18(29)15(35-22)10-34-16(9-28)36(31,32)33/h4-5,11-12,15-16,18-19,22,28-30H,1-3,7-10H2,(H2,31,32,33)/t11?,12?,15-,16+,18-,19-,22+/m1/s1. The molecule has 2 saturated heterocycles. The molecule has 14 heteroatoms. The normalized spacial score (nSPS) is 31.2. The zero-order valence-electron chi connectivity index (χ0n) is 19.2. The zero-order valence-corrected chi connectivity index (χ0v) is 20.9. The SMILES string of the molecule is N#Cc1c(Cl)nc2c(ccn2[C@H]2O[C@H](CO[C@H](CO)P(=O)(O)O)[C@@H](O)[C@H]2O)c1N1CC2CCCC2C1. The van der Waals surface area contributed by atoms with Crippen molar-refractivity contribution in [2.45, 2.75) is 49.6 Å². The highest BCUT2D eigenvalue weighted by molar-refractivity contribution is 7.52. The fourth-order valence-corrected chi connectivity index (χ4v) is 6.44. The monoisotopic (exact) mass is 542 g/mol. The number of aliphatic hydroxyl groups is 3. The first-order valence-corrected chi connectivity index (χ1v) is 13.8. The Morgan fingerprint density at radius 2 is 1.97 bits per heavy atom. The van der Waals surface area contributed by atoms with Gasteiger partial charge in [0.2, 0.25) is 0 Å². The van der Waals surface area contributed by atoms with Gasteiger partial charge in [0.05, 0.1) is 18.9 Å². The molecule has 3 aliphatic rings. The van der Waals surface area contributed by atoms with Crippen LogP contribution >= 0.6 is 19.2 Å². The lowest BCUT2D eigenvalue weighted by Gasteiger charge is -2.23. The molecule has 1 aliphatic carbocycles. The van der Waals surface area contributed by atoms with E-state index in [1.807, 2.05) is 0 Å². The molecular formula is C22H28ClN4O8P. The van der Waals surface area contributed by atoms with Gasteiger partial charge in [0.25, 0.3) is 0 Å². The largest absolute Gasteiger partial charge is 0.393 e. The smallest absolute Gasteiger partial charge is 0.356 e. The van der Waals surface area contributed by atoms with Crippen molar-refractivity contribution in [1.82, 2.24) is 9.55 Å². The first kappa shape index (κ1) is 25.9. The maximum Gasteiger partial charge on any atom is 0.356 e. The number of rotatable bonds is 7. The Kier molecular flexibility index (Phi) is 7.06. The van der Waals surface area contributed by atoms with Crippen LogP contribution in [0, 0.1) is 23.2 Å². The Morgan fingerprint density at radius 1 is 1.28 bits per heavy atom. The molecule has 0 bridgehead atoms. The summed E-state index contributed by atoms with van der Waals surface area (Å²) in [5, 5.41) is 41.0. The number of halogens is 1. The molecule has 0 spiro atoms. The molecule has 2 aliphatic heterocycles. The van der Waals surface area contributed by atoms with Crippen molar-refractivity contribution in [3.63, 3.8) is 0 Å². The molecule has 36 heavy (non-hydrogen) atoms. The van der Waals surface area contributed by atoms with Gasteiger partial charge in [0, 0.05) is 24.7 Å². The van der Waals surface area contributed by atoms with Crippen LogP contribution < -0.4 is 4.90 Å². The average Bonchev–Trinajstić information content (AvgIpc) is 3.58. The molecule has 0 aromatic carbocycles. The van der Waals surface area contributed by atoms with Crippen LogP contribution in [0.3, 0.4) is 0 Å². The third-order valence-corrected chi connectivity index (χ3v) is 8.88. The fraction of sp³-hybridized carbons (Fsp3) is 0.636. The second kappa shape index (κ2) is 9.83. The van der Waals surface area contributed by atoms with E-state index >= 15 is 0 Å². The fourth-order valence-electron chi connectivity index (χ4n) is 5.73. The van der Waals surface area contributed by atoms with E-state index in [4.69, 9.17) is 21.1 Å². The van der Waals surface area contributed by atoms with Gasteiger partial charge >= 0.3 is 7.60 Å². The maximum absolute atomic E-state index is 11.4. The van der Waals surface area contributed by atoms with E-state index in [1.54, 1.807) is 12.3 Å². The van der Waals surface area contributed by atoms with Gasteiger partial charge in [-0.3, -0.25) is 4.57 Å². The summed E-state index contributed by atoms with van der Waals surface area (Å²) in [6.07, 6.45) is 0.0893. The second-order valence-corrected chi connectivity index (χ2v) is 11.8. The minimum Gasteiger partial charge on any atom is -0.393 e. The van der Waals surface area contributed by atoms with Gasteiger partial charge in [-0.1, -0.05) is 18.0 Å². The molecule has 4 heterocycles. The highest BCUT2D eigenvalue weighted by Gasteiger charge is 2.45. The van der Waals surface area contributed by atoms with E-state index in [0.717, 1.165) is 25.9 Å². The summed E-state index contributed by atoms with van der Waals surface area (Å²) >= 11 is 6.44. The summed E-state index contributed by atoms with van der Waals surface area (Å²) in [5.74, 6) is -0.621. The summed E-state index contributed by atoms with van der Waals surface area (Å²) in [6, 6.07) is 3.95. The summed E-state index contributed by atoms with van der Waals surface area (Å²) in [6.45, 7) is 0.253. The molecule has 12 nitrogen and oxygen atoms in total. The Morgan fingerprint density at radius 3 is 2.58 bits per heavy atom. The number of pyridine rings is 1. The van der Waals surface area contributed by atoms with E-state index in [1.165, 1.54) is 11.0 Å². The number of anilines is 1. The van der Waals surface area contributed by atoms with E-state index < -0.39 is 51.2 Å². The molecule has 7 atom stereocenters. The molecule has 2 unspecified atom stereocenters. The Labute approximate surface area is 211 Å². The summed E-state index contributed by atoms with van der Waals surface area (Å²) < 4.78 is 23.8. The number of nitriles is 1. The molecule has 1 saturated carbocycles. The molecular weight excluding hydrogens is 515 g/mol. The molecule has 5 rings (SSSR count). The first-order chi connectivity index (χ1) is 17.1. The number of fused-ring (bicyclic) bond motifs is 2. The van der Waals surface area contributed by atoms with Crippen LogP contribution in [0.2, 0.25) is 5.15 Å². The van der Waals surface area contributed by atoms with Gasteiger partial charge in [-0.05, 0) is 30.7 Å². The van der Waals surface area contributed by atoms with E-state index in [0.29, 0.717) is 28.6 Å². The Balaban J connectivity index is 1.44. The minimum absolute atomic E-state index is 0.0253. The third-order valence-electron chi connectivity index (χ3n) is 7.54. The highest BCUT2D eigenvalue weighted by atomic mass is 35.5. The zero-order chi connectivity index (χ0) is 25.8. The van der Waals surface area contributed by atoms with Gasteiger partial charge < -0.3 is 44.0 Å². The van der Waals surface area contributed by atoms with Gasteiger partial charge in [0.1, 0.15) is 35.6 Å². The number of aliphatic hydroxyl groups excluding tert-OH is 3. The van der Waals surface area contributed by atoms with Crippen molar-refractivity contribution in [2.75, 3.05) is 31.2 Å². The number of nitrogens with zero attached hydrogens (tertiary/aromatic N) is 4. The topological polar surface area (TPSA) is 182 Å². The van der Waals surface area contributed by atoms with Crippen LogP contribution in [0.15, 0.2) is 12.3 Å². The van der Waals surface area contributed by atoms with Crippen molar-refractivity contribution < 1.29 is 39.1 Å². The van der Waals surface area contributed by atoms with Gasteiger partial charge in [-0.15, -0.1) is 0 Å². The van der Waals surface area contributed by atoms with E-state index in [9.17, 15) is 34.9 Å². The third kappa shape index (κ3) is 4.43. The Bertz CT molecular complexity index is 1220. The summed E-state index contributed by atoms with van der Waals surface area (Å²) in [4.78, 5) is 25.1. The van der Waals surface area contributed by atoms with E-state index in [-0.39, 0.29) is 10.7 Å². The summed E-state index contributed by atoms with van der Waals surface area (Å²) in [7, 11) is -4.73. The average molecular weight is 543 g/mol. The molecule has 196 valence electrons. The van der Waals surface area contributed by atoms with Gasteiger partial charge in [0.15, 0.2) is 17.2 Å². The van der Waals surface area contributed by atoms with Crippen LogP contribution in [0.5, 0.6) is 0 Å². The molecule has 2 aromatic rings. The van der Waals surface area contributed by atoms with Crippen molar-refractivity contribution in [1.29, 1.82) is 5.26 Å². The van der Waals surface area contributed by atoms with Crippen LogP contribution in [0.4, 0.5) is 5.69 Å². The van der Waals surface area contributed by atoms with Crippen molar-refractivity contribution in [2.24, 2.45) is 11.8 Å². The minimum atomic E-state index is -4.73. The van der Waals surface area contributed by atoms with Crippen LogP contribution in [0.25, 0.3) is 11.0 Å². The van der Waals surface area contributed by atoms with Crippen LogP contribution in [-0.4, -0.2) is 85.1 Å². The van der Waals surface area contributed by atoms with Gasteiger partial charge in [-0.25, -0.2) is 4.98 Å². The second-order valence-electron chi connectivity index (χ2n) is 9.66. The quantitative estimate of drug-likeness (QED) is 0.248. The van der Waals surface area contributed by atoms with E-state index in [2.05, 4.69) is 16.0 Å². The lowest BCUT2D eigenvalue weighted by molar-refractivity contribution is -0.0773. The van der Waals surface area contributed by atoms with Crippen LogP contribution in [0.1, 0.15) is 31.1 Å². The molecule has 0 amide bonds. The lowest BCUT2D eigenvalue weighted by atomic mass is 10.0. The molecule has 0 radical (unpaired) electrons. The number of ether oxygens (including phenoxy) is 2. The predicted molar refractivity (Wildman–Crippen MR) is 127 cm³/mol. The lowest BCUT2D eigenvalue weighted by Crippen LogP contribution is -2.35. The van der Waals surface area contributed by atoms with Gasteiger partial charge in [-0.2, -0.15) is 5.26 Å². The molecule has 3 fully saturated rings. The van der Waals surface area contributed by atoms with Crippen molar-refractivity contribution in [3.05, 3.63) is 23.0 Å². The van der Waals surface area contributed by atoms with Crippen LogP contribution in [-0.2, 0) is 14.0 Å². The maximum atomic E-state index is 11.4. The number of hydrogen-bond acceptors (Lipinski definition) is 9.